The van der Waals surface area contributed by atoms with Crippen molar-refractivity contribution >= 4 is 23.2 Å². The molecule has 2 rings (SSSR count). The fourth-order valence-electron chi connectivity index (χ4n) is 1.73. The molecule has 1 fully saturated rings. The summed E-state index contributed by atoms with van der Waals surface area (Å²) in [5, 5.41) is 4.96. The van der Waals surface area contributed by atoms with Gasteiger partial charge in [-0.15, -0.1) is 0 Å². The SMILES string of the molecule is Clc1ccc(Cl)c(C2CCCN2)c1. The molecule has 1 aliphatic heterocycles. The second kappa shape index (κ2) is 3.87. The average molecular weight is 216 g/mol. The predicted octanol–water partition coefficient (Wildman–Crippen LogP) is 3.42. The van der Waals surface area contributed by atoms with Crippen LogP contribution < -0.4 is 5.32 Å². The van der Waals surface area contributed by atoms with Gasteiger partial charge < -0.3 is 5.32 Å². The molecule has 1 N–H and O–H groups in total. The van der Waals surface area contributed by atoms with Gasteiger partial charge >= 0.3 is 0 Å². The summed E-state index contributed by atoms with van der Waals surface area (Å²) in [6.45, 7) is 1.08. The minimum atomic E-state index is 0.395. The third kappa shape index (κ3) is 1.98. The third-order valence-corrected chi connectivity index (χ3v) is 2.97. The van der Waals surface area contributed by atoms with E-state index in [0.717, 1.165) is 28.6 Å². The van der Waals surface area contributed by atoms with Crippen LogP contribution in [0.25, 0.3) is 0 Å². The van der Waals surface area contributed by atoms with E-state index in [1.807, 2.05) is 18.2 Å². The maximum absolute atomic E-state index is 6.08. The lowest BCUT2D eigenvalue weighted by atomic mass is 10.1. The standard InChI is InChI=1S/C10H11Cl2N/c11-7-3-4-9(12)8(6-7)10-2-1-5-13-10/h3-4,6,10,13H,1-2,5H2. The first-order chi connectivity index (χ1) is 6.27. The summed E-state index contributed by atoms with van der Waals surface area (Å²) in [6.07, 6.45) is 2.37. The van der Waals surface area contributed by atoms with Crippen molar-refractivity contribution in [2.24, 2.45) is 0 Å². The molecule has 0 bridgehead atoms. The molecule has 0 radical (unpaired) electrons. The van der Waals surface area contributed by atoms with Crippen LogP contribution in [0.2, 0.25) is 10.0 Å². The van der Waals surface area contributed by atoms with Crippen molar-refractivity contribution in [2.75, 3.05) is 6.54 Å². The van der Waals surface area contributed by atoms with Crippen molar-refractivity contribution in [1.29, 1.82) is 0 Å². The maximum Gasteiger partial charge on any atom is 0.0454 e. The maximum atomic E-state index is 6.08. The van der Waals surface area contributed by atoms with Gasteiger partial charge in [0.15, 0.2) is 0 Å². The van der Waals surface area contributed by atoms with Gasteiger partial charge in [0.2, 0.25) is 0 Å². The zero-order valence-corrected chi connectivity index (χ0v) is 8.70. The smallest absolute Gasteiger partial charge is 0.0454 e. The molecule has 0 aromatic heterocycles. The zero-order valence-electron chi connectivity index (χ0n) is 7.19. The van der Waals surface area contributed by atoms with Crippen molar-refractivity contribution < 1.29 is 0 Å². The normalized spacial score (nSPS) is 22.2. The molecule has 1 nitrogen and oxygen atoms in total. The van der Waals surface area contributed by atoms with Crippen LogP contribution in [0.3, 0.4) is 0 Å². The summed E-state index contributed by atoms with van der Waals surface area (Å²) >= 11 is 12.0. The Bertz CT molecular complexity index is 306. The molecular formula is C10H11Cl2N. The predicted molar refractivity (Wildman–Crippen MR) is 56.4 cm³/mol. The van der Waals surface area contributed by atoms with Crippen LogP contribution in [0.15, 0.2) is 18.2 Å². The molecule has 3 heteroatoms. The van der Waals surface area contributed by atoms with Crippen molar-refractivity contribution in [3.8, 4) is 0 Å². The number of rotatable bonds is 1. The van der Waals surface area contributed by atoms with E-state index in [9.17, 15) is 0 Å². The molecule has 13 heavy (non-hydrogen) atoms. The molecule has 1 atom stereocenters. The first-order valence-corrected chi connectivity index (χ1v) is 5.21. The lowest BCUT2D eigenvalue weighted by Crippen LogP contribution is -2.13. The molecule has 1 aliphatic rings. The molecule has 1 aromatic carbocycles. The van der Waals surface area contributed by atoms with E-state index in [-0.39, 0.29) is 0 Å². The van der Waals surface area contributed by atoms with E-state index in [2.05, 4.69) is 5.32 Å². The van der Waals surface area contributed by atoms with Crippen LogP contribution in [-0.2, 0) is 0 Å². The van der Waals surface area contributed by atoms with E-state index in [1.165, 1.54) is 6.42 Å². The topological polar surface area (TPSA) is 12.0 Å². The van der Waals surface area contributed by atoms with Gasteiger partial charge in [0.05, 0.1) is 0 Å². The Kier molecular flexibility index (Phi) is 2.77. The van der Waals surface area contributed by atoms with Crippen molar-refractivity contribution in [2.45, 2.75) is 18.9 Å². The molecule has 0 spiro atoms. The summed E-state index contributed by atoms with van der Waals surface area (Å²) in [5.74, 6) is 0. The van der Waals surface area contributed by atoms with Crippen LogP contribution in [0.4, 0.5) is 0 Å². The van der Waals surface area contributed by atoms with Gasteiger partial charge in [-0.1, -0.05) is 23.2 Å². The van der Waals surface area contributed by atoms with Crippen LogP contribution in [0, 0.1) is 0 Å². The van der Waals surface area contributed by atoms with Crippen LogP contribution in [0.1, 0.15) is 24.4 Å². The molecule has 70 valence electrons. The number of hydrogen-bond donors (Lipinski definition) is 1. The lowest BCUT2D eigenvalue weighted by Gasteiger charge is -2.12. The third-order valence-electron chi connectivity index (χ3n) is 2.39. The first kappa shape index (κ1) is 9.32. The summed E-state index contributed by atoms with van der Waals surface area (Å²) < 4.78 is 0. The monoisotopic (exact) mass is 215 g/mol. The molecular weight excluding hydrogens is 205 g/mol. The van der Waals surface area contributed by atoms with Gasteiger partial charge in [-0.05, 0) is 43.1 Å². The Morgan fingerprint density at radius 3 is 2.85 bits per heavy atom. The molecule has 0 aliphatic carbocycles. The molecule has 1 heterocycles. The van der Waals surface area contributed by atoms with Gasteiger partial charge in [0, 0.05) is 16.1 Å². The molecule has 0 saturated carbocycles. The molecule has 1 unspecified atom stereocenters. The summed E-state index contributed by atoms with van der Waals surface area (Å²) in [6, 6.07) is 6.03. The highest BCUT2D eigenvalue weighted by Gasteiger charge is 2.18. The Morgan fingerprint density at radius 2 is 2.15 bits per heavy atom. The molecule has 1 aromatic rings. The van der Waals surface area contributed by atoms with Crippen molar-refractivity contribution in [3.05, 3.63) is 33.8 Å². The van der Waals surface area contributed by atoms with Gasteiger partial charge in [-0.2, -0.15) is 0 Å². The Morgan fingerprint density at radius 1 is 1.31 bits per heavy atom. The number of benzene rings is 1. The number of hydrogen-bond acceptors (Lipinski definition) is 1. The molecule has 1 saturated heterocycles. The fraction of sp³-hybridized carbons (Fsp3) is 0.400. The van der Waals surface area contributed by atoms with E-state index >= 15 is 0 Å². The Labute approximate surface area is 88.0 Å². The number of nitrogens with one attached hydrogen (secondary N) is 1. The van der Waals surface area contributed by atoms with Crippen LogP contribution in [0.5, 0.6) is 0 Å². The van der Waals surface area contributed by atoms with E-state index in [0.29, 0.717) is 6.04 Å². The Hall–Kier alpha value is -0.240. The van der Waals surface area contributed by atoms with E-state index in [1.54, 1.807) is 0 Å². The summed E-state index contributed by atoms with van der Waals surface area (Å²) in [4.78, 5) is 0. The first-order valence-electron chi connectivity index (χ1n) is 4.46. The second-order valence-electron chi connectivity index (χ2n) is 3.31. The quantitative estimate of drug-likeness (QED) is 0.758. The Balaban J connectivity index is 2.32. The highest BCUT2D eigenvalue weighted by atomic mass is 35.5. The van der Waals surface area contributed by atoms with Gasteiger partial charge in [-0.3, -0.25) is 0 Å². The van der Waals surface area contributed by atoms with Crippen LogP contribution in [-0.4, -0.2) is 6.54 Å². The van der Waals surface area contributed by atoms with E-state index in [4.69, 9.17) is 23.2 Å². The van der Waals surface area contributed by atoms with E-state index < -0.39 is 0 Å². The zero-order chi connectivity index (χ0) is 9.26. The second-order valence-corrected chi connectivity index (χ2v) is 4.16. The summed E-state index contributed by atoms with van der Waals surface area (Å²) in [5.41, 5.74) is 1.13. The highest BCUT2D eigenvalue weighted by molar-refractivity contribution is 6.33. The molecule has 0 amide bonds. The fourth-order valence-corrected chi connectivity index (χ4v) is 2.16. The largest absolute Gasteiger partial charge is 0.310 e. The van der Waals surface area contributed by atoms with Crippen molar-refractivity contribution in [1.82, 2.24) is 5.32 Å². The number of halogens is 2. The highest BCUT2D eigenvalue weighted by Crippen LogP contribution is 2.30. The summed E-state index contributed by atoms with van der Waals surface area (Å²) in [7, 11) is 0. The van der Waals surface area contributed by atoms with Crippen molar-refractivity contribution in [3.63, 3.8) is 0 Å². The lowest BCUT2D eigenvalue weighted by molar-refractivity contribution is 0.648. The van der Waals surface area contributed by atoms with Gasteiger partial charge in [-0.25, -0.2) is 0 Å². The average Bonchev–Trinajstić information content (AvgIpc) is 2.61. The minimum Gasteiger partial charge on any atom is -0.310 e. The van der Waals surface area contributed by atoms with Gasteiger partial charge in [0.25, 0.3) is 0 Å². The minimum absolute atomic E-state index is 0.395. The van der Waals surface area contributed by atoms with Gasteiger partial charge in [0.1, 0.15) is 0 Å². The van der Waals surface area contributed by atoms with Crippen LogP contribution >= 0.6 is 23.2 Å².